The molecule has 10 heteroatoms. The van der Waals surface area contributed by atoms with E-state index in [0.717, 1.165) is 5.57 Å². The zero-order chi connectivity index (χ0) is 22.4. The van der Waals surface area contributed by atoms with Crippen LogP contribution >= 0.6 is 12.6 Å². The first-order valence-electron chi connectivity index (χ1n) is 9.95. The van der Waals surface area contributed by atoms with E-state index in [1.54, 1.807) is 29.1 Å². The third-order valence-corrected chi connectivity index (χ3v) is 5.75. The number of thiol groups is 1. The number of hydrogen-bond donors (Lipinski definition) is 2. The molecule has 1 saturated heterocycles. The molecule has 1 aromatic carbocycles. The first-order chi connectivity index (χ1) is 14.9. The molecule has 2 heterocycles. The highest BCUT2D eigenvalue weighted by Crippen LogP contribution is 2.31. The molecule has 0 amide bonds. The fourth-order valence-corrected chi connectivity index (χ4v) is 3.88. The second-order valence-corrected chi connectivity index (χ2v) is 7.97. The summed E-state index contributed by atoms with van der Waals surface area (Å²) in [5.74, 6) is -1.83. The van der Waals surface area contributed by atoms with Crippen molar-refractivity contribution in [2.24, 2.45) is 0 Å². The number of aromatic nitrogens is 3. The van der Waals surface area contributed by atoms with E-state index in [4.69, 9.17) is 9.84 Å². The van der Waals surface area contributed by atoms with Crippen LogP contribution in [0.25, 0.3) is 6.08 Å². The van der Waals surface area contributed by atoms with Gasteiger partial charge >= 0.3 is 11.9 Å². The van der Waals surface area contributed by atoms with Crippen molar-refractivity contribution in [2.45, 2.75) is 37.1 Å². The molecule has 3 rings (SSSR count). The molecule has 2 unspecified atom stereocenters. The minimum atomic E-state index is -0.859. The molecule has 31 heavy (non-hydrogen) atoms. The summed E-state index contributed by atoms with van der Waals surface area (Å²) < 4.78 is 21.0. The van der Waals surface area contributed by atoms with E-state index in [1.807, 2.05) is 11.0 Å². The Morgan fingerprint density at radius 1 is 1.42 bits per heavy atom. The van der Waals surface area contributed by atoms with Crippen molar-refractivity contribution in [3.05, 3.63) is 53.1 Å². The maximum Gasteiger partial charge on any atom is 0.327 e. The molecule has 0 bridgehead atoms. The van der Waals surface area contributed by atoms with Crippen LogP contribution in [0.5, 0.6) is 0 Å². The summed E-state index contributed by atoms with van der Waals surface area (Å²) in [4.78, 5) is 25.0. The molecule has 2 atom stereocenters. The lowest BCUT2D eigenvalue weighted by Crippen LogP contribution is -2.42. The molecule has 1 aliphatic heterocycles. The summed E-state index contributed by atoms with van der Waals surface area (Å²) in [7, 11) is 1.29. The minimum Gasteiger partial charge on any atom is -0.481 e. The number of carboxylic acids is 1. The van der Waals surface area contributed by atoms with Gasteiger partial charge in [-0.15, -0.1) is 5.10 Å². The van der Waals surface area contributed by atoms with Crippen molar-refractivity contribution in [2.75, 3.05) is 20.2 Å². The standard InChI is InChI=1S/C21H25FN4O4S/c1-30-21(29)20(16-5-2-3-6-17(16)22)25-10-8-18(31)14(12-25)11-15-13-26(24-23-15)9-4-7-19(27)28/h2-3,5-6,11,13,18,20,31H,4,7-10,12H2,1H3,(H,27,28). The Morgan fingerprint density at radius 3 is 2.90 bits per heavy atom. The number of rotatable bonds is 8. The lowest BCUT2D eigenvalue weighted by atomic mass is 9.97. The van der Waals surface area contributed by atoms with Crippen LogP contribution in [0.1, 0.15) is 36.6 Å². The quantitative estimate of drug-likeness (QED) is 0.473. The number of carbonyl (C=O) groups excluding carboxylic acids is 1. The van der Waals surface area contributed by atoms with E-state index in [1.165, 1.54) is 13.2 Å². The van der Waals surface area contributed by atoms with Crippen molar-refractivity contribution in [3.63, 3.8) is 0 Å². The number of aryl methyl sites for hydroxylation is 1. The third kappa shape index (κ3) is 5.92. The van der Waals surface area contributed by atoms with E-state index in [-0.39, 0.29) is 17.2 Å². The van der Waals surface area contributed by atoms with E-state index in [2.05, 4.69) is 22.9 Å². The SMILES string of the molecule is COC(=O)C(c1ccccc1F)N1CCC(S)C(=Cc2cn(CCCC(=O)O)nn2)C1. The number of hydrogen-bond acceptors (Lipinski definition) is 7. The Hall–Kier alpha value is -2.72. The molecular weight excluding hydrogens is 423 g/mol. The van der Waals surface area contributed by atoms with Crippen molar-refractivity contribution in [3.8, 4) is 0 Å². The first kappa shape index (κ1) is 23.0. The van der Waals surface area contributed by atoms with Crippen LogP contribution in [0.2, 0.25) is 0 Å². The summed E-state index contributed by atoms with van der Waals surface area (Å²) in [5.41, 5.74) is 1.82. The largest absolute Gasteiger partial charge is 0.481 e. The van der Waals surface area contributed by atoms with Crippen LogP contribution < -0.4 is 0 Å². The molecule has 0 aliphatic carbocycles. The number of halogens is 1. The Bertz CT molecular complexity index is 964. The third-order valence-electron chi connectivity index (χ3n) is 5.16. The van der Waals surface area contributed by atoms with Gasteiger partial charge in [0.1, 0.15) is 17.6 Å². The average molecular weight is 449 g/mol. The monoisotopic (exact) mass is 448 g/mol. The van der Waals surface area contributed by atoms with E-state index >= 15 is 0 Å². The Balaban J connectivity index is 1.78. The molecule has 2 aromatic rings. The second-order valence-electron chi connectivity index (χ2n) is 7.35. The molecule has 1 aromatic heterocycles. The van der Waals surface area contributed by atoms with Gasteiger partial charge in [0.25, 0.3) is 0 Å². The molecule has 1 aliphatic rings. The summed E-state index contributed by atoms with van der Waals surface area (Å²) >= 11 is 4.66. The smallest absolute Gasteiger partial charge is 0.327 e. The minimum absolute atomic E-state index is 0.0349. The number of carboxylic acid groups (broad SMARTS) is 1. The van der Waals surface area contributed by atoms with E-state index < -0.39 is 23.8 Å². The van der Waals surface area contributed by atoms with Gasteiger partial charge in [0, 0.05) is 36.9 Å². The second kappa shape index (κ2) is 10.5. The lowest BCUT2D eigenvalue weighted by molar-refractivity contribution is -0.147. The Kier molecular flexibility index (Phi) is 7.80. The predicted octanol–water partition coefficient (Wildman–Crippen LogP) is 2.58. The predicted molar refractivity (Wildman–Crippen MR) is 115 cm³/mol. The summed E-state index contributed by atoms with van der Waals surface area (Å²) in [6.07, 6.45) is 4.79. The summed E-state index contributed by atoms with van der Waals surface area (Å²) in [6.45, 7) is 1.41. The highest BCUT2D eigenvalue weighted by atomic mass is 32.1. The van der Waals surface area contributed by atoms with Crippen LogP contribution in [0.15, 0.2) is 36.0 Å². The van der Waals surface area contributed by atoms with Crippen LogP contribution in [-0.4, -0.2) is 62.4 Å². The number of nitrogens with zero attached hydrogens (tertiary/aromatic N) is 4. The number of benzene rings is 1. The fourth-order valence-electron chi connectivity index (χ4n) is 3.61. The highest BCUT2D eigenvalue weighted by molar-refractivity contribution is 7.81. The lowest BCUT2D eigenvalue weighted by Gasteiger charge is -2.36. The van der Waals surface area contributed by atoms with Gasteiger partial charge in [-0.2, -0.15) is 12.6 Å². The number of esters is 1. The molecule has 0 radical (unpaired) electrons. The van der Waals surface area contributed by atoms with Gasteiger partial charge in [0.05, 0.1) is 13.3 Å². The summed E-state index contributed by atoms with van der Waals surface area (Å²) in [6, 6.07) is 5.34. The molecule has 0 saturated carbocycles. The van der Waals surface area contributed by atoms with Crippen LogP contribution in [0.3, 0.4) is 0 Å². The Labute approximate surface area is 185 Å². The maximum atomic E-state index is 14.4. The molecule has 1 N–H and O–H groups in total. The molecule has 166 valence electrons. The van der Waals surface area contributed by atoms with E-state index in [9.17, 15) is 14.0 Å². The van der Waals surface area contributed by atoms with Crippen LogP contribution in [-0.2, 0) is 20.9 Å². The molecule has 1 fully saturated rings. The molecule has 8 nitrogen and oxygen atoms in total. The van der Waals surface area contributed by atoms with Crippen LogP contribution in [0, 0.1) is 5.82 Å². The van der Waals surface area contributed by atoms with Crippen molar-refractivity contribution < 1.29 is 23.8 Å². The number of piperidine rings is 1. The molecular formula is C21H25FN4O4S. The van der Waals surface area contributed by atoms with Gasteiger partial charge in [-0.25, -0.2) is 9.18 Å². The van der Waals surface area contributed by atoms with E-state index in [0.29, 0.717) is 38.2 Å². The number of likely N-dealkylation sites (tertiary alicyclic amines) is 1. The van der Waals surface area contributed by atoms with Crippen molar-refractivity contribution in [1.82, 2.24) is 19.9 Å². The van der Waals surface area contributed by atoms with Gasteiger partial charge in [-0.05, 0) is 30.6 Å². The van der Waals surface area contributed by atoms with Crippen molar-refractivity contribution in [1.29, 1.82) is 0 Å². The number of aliphatic carboxylic acids is 1. The summed E-state index contributed by atoms with van der Waals surface area (Å²) in [5, 5.41) is 16.9. The highest BCUT2D eigenvalue weighted by Gasteiger charge is 2.34. The first-order valence-corrected chi connectivity index (χ1v) is 10.5. The Morgan fingerprint density at radius 2 is 2.19 bits per heavy atom. The normalized spacial score (nSPS) is 19.3. The van der Waals surface area contributed by atoms with Crippen molar-refractivity contribution >= 4 is 30.6 Å². The number of ether oxygens (including phenoxy) is 1. The fraction of sp³-hybridized carbons (Fsp3) is 0.429. The van der Waals surface area contributed by atoms with Crippen LogP contribution in [0.4, 0.5) is 4.39 Å². The zero-order valence-electron chi connectivity index (χ0n) is 17.1. The topological polar surface area (TPSA) is 97.5 Å². The van der Waals surface area contributed by atoms with Gasteiger partial charge < -0.3 is 9.84 Å². The number of methoxy groups -OCH3 is 1. The average Bonchev–Trinajstić information content (AvgIpc) is 3.18. The zero-order valence-corrected chi connectivity index (χ0v) is 18.0. The van der Waals surface area contributed by atoms with Gasteiger partial charge in [-0.1, -0.05) is 23.4 Å². The maximum absolute atomic E-state index is 14.4. The molecule has 0 spiro atoms. The van der Waals surface area contributed by atoms with Gasteiger partial charge in [-0.3, -0.25) is 14.4 Å². The van der Waals surface area contributed by atoms with Gasteiger partial charge in [0.15, 0.2) is 0 Å². The van der Waals surface area contributed by atoms with Gasteiger partial charge in [0.2, 0.25) is 0 Å². The number of carbonyl (C=O) groups is 2.